The number of imidazole rings is 1. The van der Waals surface area contributed by atoms with Gasteiger partial charge >= 0.3 is 0 Å². The highest BCUT2D eigenvalue weighted by Gasteiger charge is 2.35. The number of rotatable bonds is 6. The average molecular weight is 422 g/mol. The zero-order chi connectivity index (χ0) is 20.5. The van der Waals surface area contributed by atoms with Crippen molar-refractivity contribution >= 4 is 34.4 Å². The van der Waals surface area contributed by atoms with Crippen LogP contribution in [-0.4, -0.2) is 39.5 Å². The lowest BCUT2D eigenvalue weighted by Gasteiger charge is -2.19. The lowest BCUT2D eigenvalue weighted by molar-refractivity contribution is -0.130. The molecule has 9 heteroatoms. The molecule has 1 atom stereocenters. The molecule has 0 bridgehead atoms. The minimum atomic E-state index is -0.298. The molecule has 4 aromatic rings. The first-order chi connectivity index (χ1) is 14.7. The van der Waals surface area contributed by atoms with Crippen LogP contribution in [0.25, 0.3) is 11.0 Å². The largest absolute Gasteiger partial charge is 0.497 e. The molecule has 1 aliphatic rings. The number of H-pyrrole nitrogens is 1. The van der Waals surface area contributed by atoms with Gasteiger partial charge in [-0.2, -0.15) is 5.10 Å². The summed E-state index contributed by atoms with van der Waals surface area (Å²) in [5, 5.41) is 6.68. The molecule has 30 heavy (non-hydrogen) atoms. The van der Waals surface area contributed by atoms with Crippen LogP contribution in [-0.2, 0) is 4.79 Å². The number of fused-ring (bicyclic) bond motifs is 1. The van der Waals surface area contributed by atoms with Crippen molar-refractivity contribution in [2.45, 2.75) is 17.6 Å². The van der Waals surface area contributed by atoms with Crippen LogP contribution in [0.15, 0.2) is 74.1 Å². The van der Waals surface area contributed by atoms with Crippen LogP contribution in [0.4, 0.5) is 0 Å². The van der Waals surface area contributed by atoms with Crippen LogP contribution < -0.4 is 4.74 Å². The third-order valence-corrected chi connectivity index (χ3v) is 5.70. The molecule has 4 heterocycles. The van der Waals surface area contributed by atoms with Gasteiger partial charge in [-0.15, -0.1) is 0 Å². The van der Waals surface area contributed by atoms with Crippen molar-refractivity contribution in [3.8, 4) is 5.75 Å². The fraction of sp³-hybridized carbons (Fsp3) is 0.190. The number of hydrazone groups is 1. The number of nitrogens with one attached hydrogen (secondary N) is 1. The lowest BCUT2D eigenvalue weighted by atomic mass is 10.1. The van der Waals surface area contributed by atoms with E-state index in [1.165, 1.54) is 16.8 Å². The highest BCUT2D eigenvalue weighted by atomic mass is 32.2. The van der Waals surface area contributed by atoms with Crippen LogP contribution in [0.5, 0.6) is 5.75 Å². The van der Waals surface area contributed by atoms with Crippen molar-refractivity contribution < 1.29 is 18.4 Å². The Bertz CT molecular complexity index is 1200. The van der Waals surface area contributed by atoms with Crippen LogP contribution in [0.1, 0.15) is 24.0 Å². The van der Waals surface area contributed by atoms with E-state index in [2.05, 4.69) is 15.1 Å². The molecule has 152 valence electrons. The summed E-state index contributed by atoms with van der Waals surface area (Å²) < 4.78 is 16.3. The summed E-state index contributed by atoms with van der Waals surface area (Å²) in [6, 6.07) is 12.6. The van der Waals surface area contributed by atoms with E-state index >= 15 is 0 Å². The van der Waals surface area contributed by atoms with Crippen molar-refractivity contribution in [2.75, 3.05) is 12.9 Å². The highest BCUT2D eigenvalue weighted by molar-refractivity contribution is 7.99. The van der Waals surface area contributed by atoms with Crippen molar-refractivity contribution in [2.24, 2.45) is 5.10 Å². The molecule has 1 amide bonds. The van der Waals surface area contributed by atoms with Crippen molar-refractivity contribution in [3.05, 3.63) is 66.5 Å². The number of ether oxygens (including phenoxy) is 1. The topological polar surface area (TPSA) is 96.9 Å². The predicted octanol–water partition coefficient (Wildman–Crippen LogP) is 4.23. The van der Waals surface area contributed by atoms with E-state index in [0.717, 1.165) is 22.5 Å². The second kappa shape index (κ2) is 7.75. The van der Waals surface area contributed by atoms with Crippen molar-refractivity contribution in [3.63, 3.8) is 0 Å². The summed E-state index contributed by atoms with van der Waals surface area (Å²) >= 11 is 1.33. The molecule has 0 spiro atoms. The van der Waals surface area contributed by atoms with Gasteiger partial charge in [-0.05, 0) is 36.4 Å². The van der Waals surface area contributed by atoms with Gasteiger partial charge in [0.2, 0.25) is 0 Å². The normalized spacial score (nSPS) is 16.2. The Morgan fingerprint density at radius 1 is 1.27 bits per heavy atom. The van der Waals surface area contributed by atoms with Gasteiger partial charge in [-0.1, -0.05) is 11.8 Å². The van der Waals surface area contributed by atoms with Gasteiger partial charge < -0.3 is 18.6 Å². The molecule has 3 aromatic heterocycles. The average Bonchev–Trinajstić information content (AvgIpc) is 3.55. The van der Waals surface area contributed by atoms with Gasteiger partial charge in [0, 0.05) is 12.5 Å². The molecule has 0 aliphatic carbocycles. The van der Waals surface area contributed by atoms with Gasteiger partial charge in [0.1, 0.15) is 29.0 Å². The molecule has 5 rings (SSSR count). The fourth-order valence-electron chi connectivity index (χ4n) is 3.39. The number of methoxy groups -OCH3 is 1. The second-order valence-corrected chi connectivity index (χ2v) is 7.68. The van der Waals surface area contributed by atoms with E-state index in [0.29, 0.717) is 23.1 Å². The molecule has 0 fully saturated rings. The fourth-order valence-corrected chi connectivity index (χ4v) is 4.13. The Balaban J connectivity index is 1.34. The van der Waals surface area contributed by atoms with E-state index in [-0.39, 0.29) is 17.7 Å². The van der Waals surface area contributed by atoms with Crippen LogP contribution in [0.2, 0.25) is 0 Å². The van der Waals surface area contributed by atoms with Gasteiger partial charge in [-0.3, -0.25) is 4.79 Å². The van der Waals surface area contributed by atoms with Gasteiger partial charge in [0.25, 0.3) is 5.91 Å². The number of aromatic amines is 1. The molecular formula is C21H18N4O4S. The first-order valence-electron chi connectivity index (χ1n) is 9.34. The quantitative estimate of drug-likeness (QED) is 0.467. The zero-order valence-electron chi connectivity index (χ0n) is 16.1. The Morgan fingerprint density at radius 2 is 2.13 bits per heavy atom. The van der Waals surface area contributed by atoms with E-state index in [9.17, 15) is 4.79 Å². The van der Waals surface area contributed by atoms with E-state index < -0.39 is 0 Å². The number of furan rings is 2. The molecule has 8 nitrogen and oxygen atoms in total. The SMILES string of the molecule is COc1ccc2nc(SCC(=O)N3N=C(c4ccco4)CC3c3ccco3)[nH]c2c1. The number of hydrogen-bond acceptors (Lipinski definition) is 7. The van der Waals surface area contributed by atoms with Gasteiger partial charge in [0.15, 0.2) is 5.16 Å². The molecule has 0 saturated heterocycles. The van der Waals surface area contributed by atoms with E-state index in [4.69, 9.17) is 13.6 Å². The number of carbonyl (C=O) groups excluding carboxylic acids is 1. The maximum atomic E-state index is 13.0. The van der Waals surface area contributed by atoms with E-state index in [1.807, 2.05) is 30.3 Å². The zero-order valence-corrected chi connectivity index (χ0v) is 16.9. The minimum absolute atomic E-state index is 0.138. The van der Waals surface area contributed by atoms with Gasteiger partial charge in [-0.25, -0.2) is 9.99 Å². The monoisotopic (exact) mass is 422 g/mol. The molecule has 0 radical (unpaired) electrons. The van der Waals surface area contributed by atoms with Crippen molar-refractivity contribution in [1.82, 2.24) is 15.0 Å². The molecular weight excluding hydrogens is 404 g/mol. The summed E-state index contributed by atoms with van der Waals surface area (Å²) in [6.45, 7) is 0. The first kappa shape index (κ1) is 18.6. The smallest absolute Gasteiger partial charge is 0.253 e. The van der Waals surface area contributed by atoms with E-state index in [1.54, 1.807) is 31.8 Å². The van der Waals surface area contributed by atoms with Gasteiger partial charge in [0.05, 0.1) is 36.4 Å². The number of hydrogen-bond donors (Lipinski definition) is 1. The van der Waals surface area contributed by atoms with Crippen LogP contribution in [0, 0.1) is 0 Å². The summed E-state index contributed by atoms with van der Waals surface area (Å²) in [6.07, 6.45) is 3.72. The lowest BCUT2D eigenvalue weighted by Crippen LogP contribution is -2.28. The highest BCUT2D eigenvalue weighted by Crippen LogP contribution is 2.34. The molecule has 0 saturated carbocycles. The Hall–Kier alpha value is -3.46. The molecule has 1 N–H and O–H groups in total. The summed E-state index contributed by atoms with van der Waals surface area (Å²) in [5.41, 5.74) is 2.39. The number of benzene rings is 1. The predicted molar refractivity (Wildman–Crippen MR) is 112 cm³/mol. The second-order valence-electron chi connectivity index (χ2n) is 6.71. The maximum Gasteiger partial charge on any atom is 0.253 e. The summed E-state index contributed by atoms with van der Waals surface area (Å²) in [4.78, 5) is 20.8. The number of carbonyl (C=O) groups is 1. The minimum Gasteiger partial charge on any atom is -0.497 e. The van der Waals surface area contributed by atoms with Crippen molar-refractivity contribution in [1.29, 1.82) is 0 Å². The Morgan fingerprint density at radius 3 is 2.90 bits per heavy atom. The Kier molecular flexibility index (Phi) is 4.80. The number of aromatic nitrogens is 2. The maximum absolute atomic E-state index is 13.0. The van der Waals surface area contributed by atoms with Crippen LogP contribution >= 0.6 is 11.8 Å². The van der Waals surface area contributed by atoms with Crippen LogP contribution in [0.3, 0.4) is 0 Å². The standard InChI is InChI=1S/C21H18N4O4S/c1-27-13-6-7-14-15(10-13)23-21(22-14)30-12-20(26)25-17(19-5-3-9-29-19)11-16(24-25)18-4-2-8-28-18/h2-10,17H,11-12H2,1H3,(H,22,23). The number of amides is 1. The summed E-state index contributed by atoms with van der Waals surface area (Å²) in [7, 11) is 1.62. The third kappa shape index (κ3) is 3.48. The Labute approximate surface area is 175 Å². The molecule has 1 aromatic carbocycles. The third-order valence-electron chi connectivity index (χ3n) is 4.84. The molecule has 1 aliphatic heterocycles. The molecule has 1 unspecified atom stereocenters. The number of nitrogens with zero attached hydrogens (tertiary/aromatic N) is 3. The first-order valence-corrected chi connectivity index (χ1v) is 10.3. The summed E-state index contributed by atoms with van der Waals surface area (Å²) in [5.74, 6) is 2.14. The number of thioether (sulfide) groups is 1.